The molecule has 0 saturated carbocycles. The highest BCUT2D eigenvalue weighted by molar-refractivity contribution is 14.1. The summed E-state index contributed by atoms with van der Waals surface area (Å²) < 4.78 is 37.6. The Morgan fingerprint density at radius 2 is 1.80 bits per heavy atom. The number of rotatable bonds is 13. The fourth-order valence-electron chi connectivity index (χ4n) is 4.44. The van der Waals surface area contributed by atoms with Gasteiger partial charge in [0, 0.05) is 16.8 Å². The molecule has 0 spiro atoms. The van der Waals surface area contributed by atoms with Crippen LogP contribution < -0.4 is 30.3 Å². The Kier molecular flexibility index (Phi) is 12.1. The minimum absolute atomic E-state index is 0.0375. The van der Waals surface area contributed by atoms with Crippen LogP contribution in [0.4, 0.5) is 4.39 Å². The second kappa shape index (κ2) is 16.2. The number of hydrogen-bond acceptors (Lipinski definition) is 8. The van der Waals surface area contributed by atoms with Gasteiger partial charge in [-0.15, -0.1) is 0 Å². The monoisotopic (exact) mass is 746 g/mol. The third kappa shape index (κ3) is 8.91. The summed E-state index contributed by atoms with van der Waals surface area (Å²) in [6.07, 6.45) is 1.47. The molecule has 236 valence electrons. The minimum atomic E-state index is -0.643. The molecule has 0 bridgehead atoms. The number of hydrogen-bond donors (Lipinski definition) is 3. The maximum absolute atomic E-state index is 14.1. The second-order valence-corrected chi connectivity index (χ2v) is 11.1. The molecule has 1 aliphatic rings. The van der Waals surface area contributed by atoms with Gasteiger partial charge in [-0.05, 0) is 85.4 Å². The van der Waals surface area contributed by atoms with E-state index in [1.165, 1.54) is 12.3 Å². The number of nitrogens with zero attached hydrogens (tertiary/aromatic N) is 1. The lowest BCUT2D eigenvalue weighted by Crippen LogP contribution is -2.45. The molecule has 3 N–H and O–H groups in total. The van der Waals surface area contributed by atoms with Gasteiger partial charge in [-0.1, -0.05) is 36.4 Å². The predicted molar refractivity (Wildman–Crippen MR) is 180 cm³/mol. The summed E-state index contributed by atoms with van der Waals surface area (Å²) in [7, 11) is 0. The zero-order valence-electron chi connectivity index (χ0n) is 24.8. The van der Waals surface area contributed by atoms with Crippen LogP contribution >= 0.6 is 34.8 Å². The van der Waals surface area contributed by atoms with Gasteiger partial charge in [0.25, 0.3) is 5.91 Å². The van der Waals surface area contributed by atoms with Gasteiger partial charge in [-0.2, -0.15) is 5.10 Å². The molecule has 45 heavy (non-hydrogen) atoms. The van der Waals surface area contributed by atoms with E-state index in [1.54, 1.807) is 68.4 Å². The molecule has 0 fully saturated rings. The Balaban J connectivity index is 1.41. The van der Waals surface area contributed by atoms with E-state index < -0.39 is 17.9 Å². The van der Waals surface area contributed by atoms with Crippen molar-refractivity contribution in [2.45, 2.75) is 33.4 Å². The van der Waals surface area contributed by atoms with Crippen LogP contribution in [0.2, 0.25) is 0 Å². The maximum atomic E-state index is 14.1. The van der Waals surface area contributed by atoms with Crippen molar-refractivity contribution in [2.75, 3.05) is 19.8 Å². The molecule has 0 aliphatic carbocycles. The minimum Gasteiger partial charge on any atom is -0.490 e. The number of thiocarbonyl (C=S) groups is 1. The Bertz CT molecular complexity index is 1630. The largest absolute Gasteiger partial charge is 0.490 e. The van der Waals surface area contributed by atoms with Crippen molar-refractivity contribution in [1.82, 2.24) is 16.1 Å². The summed E-state index contributed by atoms with van der Waals surface area (Å²) in [5, 5.41) is 10.5. The number of para-hydroxylation sites is 1. The van der Waals surface area contributed by atoms with Gasteiger partial charge >= 0.3 is 5.97 Å². The van der Waals surface area contributed by atoms with Crippen LogP contribution in [0, 0.1) is 9.39 Å². The average molecular weight is 747 g/mol. The van der Waals surface area contributed by atoms with Gasteiger partial charge in [-0.3, -0.25) is 4.79 Å². The molecule has 0 unspecified atom stereocenters. The molecule has 1 heterocycles. The zero-order valence-corrected chi connectivity index (χ0v) is 27.8. The van der Waals surface area contributed by atoms with Crippen LogP contribution in [0.5, 0.6) is 17.2 Å². The van der Waals surface area contributed by atoms with E-state index >= 15 is 0 Å². The van der Waals surface area contributed by atoms with Crippen molar-refractivity contribution in [3.05, 3.63) is 98.0 Å². The highest BCUT2D eigenvalue weighted by Gasteiger charge is 2.32. The first-order valence-electron chi connectivity index (χ1n) is 14.0. The second-order valence-electron chi connectivity index (χ2n) is 9.55. The number of halogens is 2. The van der Waals surface area contributed by atoms with Gasteiger partial charge in [-0.25, -0.2) is 14.6 Å². The number of ether oxygens (including phenoxy) is 4. The normalized spacial score (nSPS) is 14.4. The zero-order chi connectivity index (χ0) is 32.3. The van der Waals surface area contributed by atoms with Gasteiger partial charge < -0.3 is 29.6 Å². The van der Waals surface area contributed by atoms with Crippen LogP contribution in [0.1, 0.15) is 43.5 Å². The van der Waals surface area contributed by atoms with Gasteiger partial charge in [0.15, 0.2) is 23.2 Å². The Hall–Kier alpha value is -4.24. The summed E-state index contributed by atoms with van der Waals surface area (Å²) in [4.78, 5) is 25.4. The number of carbonyl (C=O) groups excluding carboxylic acids is 2. The summed E-state index contributed by atoms with van der Waals surface area (Å²) in [5.74, 6) is -0.0128. The Morgan fingerprint density at radius 1 is 1.04 bits per heavy atom. The van der Waals surface area contributed by atoms with E-state index in [2.05, 4.69) is 43.8 Å². The highest BCUT2D eigenvalue weighted by Crippen LogP contribution is 2.35. The predicted octanol–water partition coefficient (Wildman–Crippen LogP) is 5.29. The molecule has 4 rings (SSSR count). The van der Waals surface area contributed by atoms with E-state index in [1.807, 2.05) is 6.92 Å². The summed E-state index contributed by atoms with van der Waals surface area (Å²) in [6, 6.07) is 16.3. The smallest absolute Gasteiger partial charge is 0.338 e. The third-order valence-electron chi connectivity index (χ3n) is 6.42. The van der Waals surface area contributed by atoms with Crippen molar-refractivity contribution in [1.29, 1.82) is 0 Å². The van der Waals surface area contributed by atoms with Crippen molar-refractivity contribution < 1.29 is 32.9 Å². The number of allylic oxidation sites excluding steroid dienone is 1. The fraction of sp³-hybridized carbons (Fsp3) is 0.250. The summed E-state index contributed by atoms with van der Waals surface area (Å²) in [6.45, 7) is 5.61. The molecule has 0 radical (unpaired) electrons. The maximum Gasteiger partial charge on any atom is 0.338 e. The first-order valence-corrected chi connectivity index (χ1v) is 15.5. The van der Waals surface area contributed by atoms with Gasteiger partial charge in [0.1, 0.15) is 18.2 Å². The molecule has 13 heteroatoms. The number of esters is 1. The summed E-state index contributed by atoms with van der Waals surface area (Å²) in [5.41, 5.74) is 5.06. The van der Waals surface area contributed by atoms with Crippen LogP contribution in [0.3, 0.4) is 0 Å². The van der Waals surface area contributed by atoms with Crippen LogP contribution in [-0.2, 0) is 20.9 Å². The lowest BCUT2D eigenvalue weighted by atomic mass is 9.95. The van der Waals surface area contributed by atoms with Crippen LogP contribution in [-0.4, -0.2) is 43.0 Å². The third-order valence-corrected chi connectivity index (χ3v) is 7.44. The topological polar surface area (TPSA) is 120 Å². The van der Waals surface area contributed by atoms with E-state index in [0.29, 0.717) is 56.9 Å². The molecule has 3 aromatic rings. The van der Waals surface area contributed by atoms with Crippen molar-refractivity contribution in [3.8, 4) is 17.2 Å². The number of hydrazone groups is 1. The fourth-order valence-corrected chi connectivity index (χ4v) is 5.49. The van der Waals surface area contributed by atoms with E-state index in [0.717, 1.165) is 3.57 Å². The number of nitrogens with one attached hydrogen (secondary N) is 3. The first-order chi connectivity index (χ1) is 21.7. The number of amides is 1. The van der Waals surface area contributed by atoms with E-state index in [9.17, 15) is 14.0 Å². The summed E-state index contributed by atoms with van der Waals surface area (Å²) >= 11 is 7.42. The van der Waals surface area contributed by atoms with E-state index in [4.69, 9.17) is 31.2 Å². The molecule has 1 amide bonds. The number of benzene rings is 3. The first kappa shape index (κ1) is 33.6. The van der Waals surface area contributed by atoms with Crippen molar-refractivity contribution in [2.24, 2.45) is 5.10 Å². The van der Waals surface area contributed by atoms with Gasteiger partial charge in [0.2, 0.25) is 0 Å². The highest BCUT2D eigenvalue weighted by atomic mass is 127. The lowest BCUT2D eigenvalue weighted by Gasteiger charge is -2.30. The van der Waals surface area contributed by atoms with E-state index in [-0.39, 0.29) is 25.6 Å². The molecule has 1 atom stereocenters. The lowest BCUT2D eigenvalue weighted by molar-refractivity contribution is -0.139. The van der Waals surface area contributed by atoms with Crippen molar-refractivity contribution >= 4 is 58.0 Å². The SMILES string of the molecule is CCOC(=O)C1=C(C)NC(=S)N[C@@H]1c1ccccc1OCC(=O)NN=Cc1cc(I)c(OCc2ccccc2F)c(OCC)c1. The van der Waals surface area contributed by atoms with Crippen molar-refractivity contribution in [3.63, 3.8) is 0 Å². The number of carbonyl (C=O) groups is 2. The Morgan fingerprint density at radius 3 is 2.56 bits per heavy atom. The molecule has 0 aromatic heterocycles. The standard InChI is InChI=1S/C32H32FIN4O6S/c1-4-41-26-15-20(14-24(34)30(26)44-17-21-10-6-8-12-23(21)33)16-35-38-27(39)18-43-25-13-9-7-11-22(25)29-28(31(40)42-5-2)19(3)36-32(45)37-29/h6-16,29H,4-5,17-18H2,1-3H3,(H,38,39)(H2,36,37,45)/t29-/m1/s1. The molecule has 0 saturated heterocycles. The molecule has 3 aromatic carbocycles. The van der Waals surface area contributed by atoms with Crippen LogP contribution in [0.15, 0.2) is 77.0 Å². The average Bonchev–Trinajstić information content (AvgIpc) is 3.00. The molecular formula is C32H32FIN4O6S. The van der Waals surface area contributed by atoms with Gasteiger partial charge in [0.05, 0.1) is 34.6 Å². The quantitative estimate of drug-likeness (QED) is 0.0705. The van der Waals surface area contributed by atoms with Crippen LogP contribution in [0.25, 0.3) is 0 Å². The Labute approximate surface area is 279 Å². The molecular weight excluding hydrogens is 714 g/mol. The molecule has 10 nitrogen and oxygen atoms in total. The molecule has 1 aliphatic heterocycles.